The lowest BCUT2D eigenvalue weighted by Crippen LogP contribution is -2.16. The largest absolute Gasteiger partial charge is 0.345 e. The molecule has 0 saturated heterocycles. The Kier molecular flexibility index (Phi) is 3.13. The summed E-state index contributed by atoms with van der Waals surface area (Å²) in [5, 5.41) is 2.96. The molecule has 0 spiro atoms. The molecule has 2 heterocycles. The van der Waals surface area contributed by atoms with Crippen LogP contribution in [0.4, 0.5) is 5.13 Å². The average molecular weight is 279 g/mol. The molecule has 0 aliphatic heterocycles. The van der Waals surface area contributed by atoms with E-state index in [1.54, 1.807) is 22.7 Å². The Morgan fingerprint density at radius 2 is 2.33 bits per heavy atom. The first-order valence-corrected chi connectivity index (χ1v) is 7.61. The van der Waals surface area contributed by atoms with E-state index in [0.29, 0.717) is 12.1 Å². The van der Waals surface area contributed by atoms with Crippen LogP contribution < -0.4 is 4.90 Å². The predicted octanol–water partition coefficient (Wildman–Crippen LogP) is 2.76. The molecule has 0 amide bonds. The number of thiazole rings is 2. The number of rotatable bonds is 3. The number of ketones is 1. The van der Waals surface area contributed by atoms with E-state index in [4.69, 9.17) is 0 Å². The van der Waals surface area contributed by atoms with Gasteiger partial charge in [-0.2, -0.15) is 0 Å². The van der Waals surface area contributed by atoms with E-state index >= 15 is 0 Å². The van der Waals surface area contributed by atoms with Crippen molar-refractivity contribution < 1.29 is 4.79 Å². The summed E-state index contributed by atoms with van der Waals surface area (Å²) >= 11 is 3.23. The lowest BCUT2D eigenvalue weighted by Gasteiger charge is -2.13. The van der Waals surface area contributed by atoms with Gasteiger partial charge in [0.1, 0.15) is 5.69 Å². The normalized spacial score (nSPS) is 14.6. The van der Waals surface area contributed by atoms with E-state index in [1.165, 1.54) is 0 Å². The van der Waals surface area contributed by atoms with Gasteiger partial charge in [0.05, 0.1) is 17.7 Å². The average Bonchev–Trinajstić information content (AvgIpc) is 2.97. The molecule has 6 heteroatoms. The molecule has 2 aromatic heterocycles. The first-order chi connectivity index (χ1) is 8.74. The van der Waals surface area contributed by atoms with E-state index in [-0.39, 0.29) is 5.78 Å². The Bertz CT molecular complexity index is 562. The summed E-state index contributed by atoms with van der Waals surface area (Å²) in [5.41, 5.74) is 3.58. The van der Waals surface area contributed by atoms with Gasteiger partial charge in [-0.15, -0.1) is 22.7 Å². The van der Waals surface area contributed by atoms with Crippen molar-refractivity contribution in [3.8, 4) is 0 Å². The Labute approximate surface area is 113 Å². The standard InChI is InChI=1S/C12H13N3OS2/c1-15(5-8-6-17-7-13-8)12-14-11-9(16)3-2-4-10(11)18-12/h6-7H,2-5H2,1H3. The topological polar surface area (TPSA) is 46.1 Å². The monoisotopic (exact) mass is 279 g/mol. The summed E-state index contributed by atoms with van der Waals surface area (Å²) < 4.78 is 0. The van der Waals surface area contributed by atoms with Crippen molar-refractivity contribution in [1.82, 2.24) is 9.97 Å². The maximum absolute atomic E-state index is 11.8. The van der Waals surface area contributed by atoms with Gasteiger partial charge >= 0.3 is 0 Å². The summed E-state index contributed by atoms with van der Waals surface area (Å²) in [6, 6.07) is 0. The number of nitrogens with zero attached hydrogens (tertiary/aromatic N) is 3. The van der Waals surface area contributed by atoms with Crippen LogP contribution in [0.1, 0.15) is 33.9 Å². The molecular formula is C12H13N3OS2. The highest BCUT2D eigenvalue weighted by Crippen LogP contribution is 2.31. The number of fused-ring (bicyclic) bond motifs is 1. The third-order valence-electron chi connectivity index (χ3n) is 2.97. The Hall–Kier alpha value is -1.27. The third kappa shape index (κ3) is 2.18. The summed E-state index contributed by atoms with van der Waals surface area (Å²) in [7, 11) is 1.99. The zero-order valence-electron chi connectivity index (χ0n) is 10.0. The van der Waals surface area contributed by atoms with Gasteiger partial charge in [0.2, 0.25) is 0 Å². The Balaban J connectivity index is 1.82. The van der Waals surface area contributed by atoms with E-state index in [0.717, 1.165) is 35.1 Å². The predicted molar refractivity (Wildman–Crippen MR) is 73.6 cm³/mol. The van der Waals surface area contributed by atoms with Gasteiger partial charge in [0, 0.05) is 23.7 Å². The highest BCUT2D eigenvalue weighted by molar-refractivity contribution is 7.16. The van der Waals surface area contributed by atoms with Crippen LogP contribution in [-0.2, 0) is 13.0 Å². The van der Waals surface area contributed by atoms with Gasteiger partial charge in [-0.25, -0.2) is 9.97 Å². The number of Topliss-reactive ketones (excluding diaryl/α,β-unsaturated/α-hetero) is 1. The van der Waals surface area contributed by atoms with Crippen molar-refractivity contribution in [1.29, 1.82) is 0 Å². The van der Waals surface area contributed by atoms with Crippen LogP contribution in [-0.4, -0.2) is 22.8 Å². The van der Waals surface area contributed by atoms with Crippen molar-refractivity contribution in [2.75, 3.05) is 11.9 Å². The molecule has 0 saturated carbocycles. The van der Waals surface area contributed by atoms with Gasteiger partial charge in [-0.05, 0) is 12.8 Å². The van der Waals surface area contributed by atoms with Crippen molar-refractivity contribution in [3.05, 3.63) is 27.2 Å². The van der Waals surface area contributed by atoms with Crippen molar-refractivity contribution in [3.63, 3.8) is 0 Å². The van der Waals surface area contributed by atoms with Gasteiger partial charge in [-0.1, -0.05) is 0 Å². The zero-order valence-corrected chi connectivity index (χ0v) is 11.7. The maximum atomic E-state index is 11.8. The van der Waals surface area contributed by atoms with Crippen molar-refractivity contribution in [2.24, 2.45) is 0 Å². The fourth-order valence-electron chi connectivity index (χ4n) is 2.04. The number of hydrogen-bond donors (Lipinski definition) is 0. The molecule has 0 radical (unpaired) electrons. The van der Waals surface area contributed by atoms with Gasteiger partial charge in [0.25, 0.3) is 0 Å². The molecule has 1 aliphatic carbocycles. The van der Waals surface area contributed by atoms with Gasteiger partial charge < -0.3 is 4.90 Å². The maximum Gasteiger partial charge on any atom is 0.186 e. The lowest BCUT2D eigenvalue weighted by molar-refractivity contribution is 0.0968. The molecule has 18 heavy (non-hydrogen) atoms. The number of aryl methyl sites for hydroxylation is 1. The van der Waals surface area contributed by atoms with E-state index < -0.39 is 0 Å². The van der Waals surface area contributed by atoms with Gasteiger partial charge in [0.15, 0.2) is 10.9 Å². The third-order valence-corrected chi connectivity index (χ3v) is 4.83. The minimum atomic E-state index is 0.195. The SMILES string of the molecule is CN(Cc1cscn1)c1nc2c(s1)CCCC2=O. The number of carbonyl (C=O) groups excluding carboxylic acids is 1. The number of anilines is 1. The van der Waals surface area contributed by atoms with Crippen LogP contribution in [0.2, 0.25) is 0 Å². The number of hydrogen-bond acceptors (Lipinski definition) is 6. The summed E-state index contributed by atoms with van der Waals surface area (Å²) in [5.74, 6) is 0.195. The molecule has 1 aliphatic rings. The highest BCUT2D eigenvalue weighted by atomic mass is 32.1. The Morgan fingerprint density at radius 1 is 1.44 bits per heavy atom. The quantitative estimate of drug-likeness (QED) is 0.866. The van der Waals surface area contributed by atoms with Crippen LogP contribution in [0.3, 0.4) is 0 Å². The summed E-state index contributed by atoms with van der Waals surface area (Å²) in [6.07, 6.45) is 2.60. The van der Waals surface area contributed by atoms with Crippen LogP contribution in [0.15, 0.2) is 10.9 Å². The molecule has 0 atom stereocenters. The first kappa shape index (κ1) is 11.8. The fraction of sp³-hybridized carbons (Fsp3) is 0.417. The molecule has 0 unspecified atom stereocenters. The van der Waals surface area contributed by atoms with E-state index in [2.05, 4.69) is 14.9 Å². The fourth-order valence-corrected chi connectivity index (χ4v) is 3.67. The molecule has 94 valence electrons. The van der Waals surface area contributed by atoms with Crippen molar-refractivity contribution >= 4 is 33.6 Å². The van der Waals surface area contributed by atoms with Gasteiger partial charge in [-0.3, -0.25) is 4.79 Å². The number of aromatic nitrogens is 2. The molecule has 2 aromatic rings. The second kappa shape index (κ2) is 4.78. The van der Waals surface area contributed by atoms with Crippen LogP contribution >= 0.6 is 22.7 Å². The summed E-state index contributed by atoms with van der Waals surface area (Å²) in [4.78, 5) is 23.7. The molecule has 4 nitrogen and oxygen atoms in total. The van der Waals surface area contributed by atoms with Crippen molar-refractivity contribution in [2.45, 2.75) is 25.8 Å². The molecule has 0 aromatic carbocycles. The molecule has 0 N–H and O–H groups in total. The smallest absolute Gasteiger partial charge is 0.186 e. The van der Waals surface area contributed by atoms with Crippen LogP contribution in [0.5, 0.6) is 0 Å². The minimum absolute atomic E-state index is 0.195. The Morgan fingerprint density at radius 3 is 3.06 bits per heavy atom. The van der Waals surface area contributed by atoms with E-state index in [9.17, 15) is 4.79 Å². The second-order valence-corrected chi connectivity index (χ2v) is 6.16. The molecular weight excluding hydrogens is 266 g/mol. The molecule has 3 rings (SSSR count). The first-order valence-electron chi connectivity index (χ1n) is 5.85. The van der Waals surface area contributed by atoms with Crippen LogP contribution in [0, 0.1) is 0 Å². The van der Waals surface area contributed by atoms with Crippen LogP contribution in [0.25, 0.3) is 0 Å². The summed E-state index contributed by atoms with van der Waals surface area (Å²) in [6.45, 7) is 0.740. The molecule has 0 bridgehead atoms. The number of carbonyl (C=O) groups is 1. The second-order valence-electron chi connectivity index (χ2n) is 4.38. The van der Waals surface area contributed by atoms with E-state index in [1.807, 2.05) is 17.9 Å². The highest BCUT2D eigenvalue weighted by Gasteiger charge is 2.23. The minimum Gasteiger partial charge on any atom is -0.345 e. The lowest BCUT2D eigenvalue weighted by atomic mass is 10.0. The molecule has 0 fully saturated rings. The zero-order chi connectivity index (χ0) is 12.5.